The van der Waals surface area contributed by atoms with Crippen LogP contribution in [0.2, 0.25) is 0 Å². The van der Waals surface area contributed by atoms with Gasteiger partial charge in [0.15, 0.2) is 6.61 Å². The van der Waals surface area contributed by atoms with Crippen LogP contribution >= 0.6 is 22.8 Å². The number of halogens is 3. The summed E-state index contributed by atoms with van der Waals surface area (Å²) in [6, 6.07) is 42.7. The average Bonchev–Trinajstić information content (AvgIpc) is 3.05. The molecule has 0 saturated heterocycles. The fourth-order valence-electron chi connectivity index (χ4n) is 4.18. The largest absolute Gasteiger partial charge is 0.457 e. The molecule has 0 saturated carbocycles. The Morgan fingerprint density at radius 3 is 1.11 bits per heavy atom. The van der Waals surface area contributed by atoms with Gasteiger partial charge in [-0.25, -0.2) is 0 Å². The molecule has 0 fully saturated rings. The van der Waals surface area contributed by atoms with Crippen LogP contribution in [0.5, 0.6) is 23.0 Å². The van der Waals surface area contributed by atoms with E-state index in [2.05, 4.69) is 0 Å². The number of alkyl halides is 3. The third-order valence-electron chi connectivity index (χ3n) is 6.07. The first-order valence-electron chi connectivity index (χ1n) is 13.9. The van der Waals surface area contributed by atoms with E-state index in [1.165, 1.54) is 0 Å². The van der Waals surface area contributed by atoms with Gasteiger partial charge in [0, 0.05) is 5.30 Å². The van der Waals surface area contributed by atoms with Crippen LogP contribution in [0.15, 0.2) is 165 Å². The van der Waals surface area contributed by atoms with Gasteiger partial charge in [0.1, 0.15) is 23.0 Å². The lowest BCUT2D eigenvalue weighted by Gasteiger charge is -2.34. The lowest BCUT2D eigenvalue weighted by molar-refractivity contribution is -0.152. The number of benzene rings is 5. The van der Waals surface area contributed by atoms with Gasteiger partial charge in [-0.3, -0.25) is 0 Å². The molecule has 236 valence electrons. The molecule has 1 unspecified atom stereocenters. The summed E-state index contributed by atoms with van der Waals surface area (Å²) in [5, 5.41) is 0.268. The summed E-state index contributed by atoms with van der Waals surface area (Å²) < 4.78 is 88.4. The first-order chi connectivity index (χ1) is 22.2. The van der Waals surface area contributed by atoms with Crippen molar-refractivity contribution in [1.29, 1.82) is 0 Å². The fraction of sp³-hybridized carbons (Fsp3) is 0.0625. The summed E-state index contributed by atoms with van der Waals surface area (Å²) in [7, 11) is -12.3. The highest BCUT2D eigenvalue weighted by Gasteiger charge is 2.48. The smallest absolute Gasteiger partial charge is 0.413 e. The maximum absolute atomic E-state index is 13.9. The number of rotatable bonds is 11. The molecule has 6 rings (SSSR count). The SMILES string of the molecule is FC(F)(F)COP1(c2ccccc2)=NP(Oc2ccccc2)(Oc2ccccc2)=NP(Oc2ccccc2)(Oc2ccccc2)=N1. The van der Waals surface area contributed by atoms with Crippen LogP contribution in [0.1, 0.15) is 0 Å². The van der Waals surface area contributed by atoms with Crippen LogP contribution in [0.3, 0.4) is 0 Å². The third kappa shape index (κ3) is 7.93. The first-order valence-corrected chi connectivity index (χ1v) is 18.6. The molecule has 1 atom stereocenters. The molecule has 0 aliphatic carbocycles. The van der Waals surface area contributed by atoms with Gasteiger partial charge in [-0.2, -0.15) is 13.2 Å². The monoisotopic (exact) mass is 683 g/mol. The van der Waals surface area contributed by atoms with E-state index in [1.54, 1.807) is 152 Å². The maximum Gasteiger partial charge on any atom is 0.457 e. The zero-order chi connectivity index (χ0) is 31.9. The molecule has 0 spiro atoms. The molecule has 8 nitrogen and oxygen atoms in total. The highest BCUT2D eigenvalue weighted by Crippen LogP contribution is 2.78. The van der Waals surface area contributed by atoms with E-state index >= 15 is 0 Å². The average molecular weight is 684 g/mol. The van der Waals surface area contributed by atoms with Crippen molar-refractivity contribution in [2.45, 2.75) is 6.18 Å². The second-order valence-electron chi connectivity index (χ2n) is 9.64. The van der Waals surface area contributed by atoms with Crippen LogP contribution in [0.25, 0.3) is 0 Å². The summed E-state index contributed by atoms with van der Waals surface area (Å²) >= 11 is 0. The second-order valence-corrected chi connectivity index (χ2v) is 16.3. The summed E-state index contributed by atoms with van der Waals surface area (Å²) in [6.07, 6.45) is -4.72. The van der Waals surface area contributed by atoms with Crippen LogP contribution in [0, 0.1) is 0 Å². The summed E-state index contributed by atoms with van der Waals surface area (Å²) in [6.45, 7) is -1.66. The van der Waals surface area contributed by atoms with Crippen LogP contribution in [0.4, 0.5) is 13.2 Å². The van der Waals surface area contributed by atoms with Gasteiger partial charge in [-0.1, -0.05) is 95.5 Å². The van der Waals surface area contributed by atoms with Gasteiger partial charge in [-0.15, -0.1) is 9.03 Å². The lowest BCUT2D eigenvalue weighted by Crippen LogP contribution is -2.20. The van der Waals surface area contributed by atoms with E-state index in [0.717, 1.165) is 0 Å². The van der Waals surface area contributed by atoms with Crippen LogP contribution < -0.4 is 23.4 Å². The van der Waals surface area contributed by atoms with E-state index in [9.17, 15) is 13.2 Å². The van der Waals surface area contributed by atoms with Crippen molar-refractivity contribution in [3.8, 4) is 23.0 Å². The normalized spacial score (nSPS) is 18.2. The summed E-state index contributed by atoms with van der Waals surface area (Å²) in [4.78, 5) is 0. The minimum atomic E-state index is -4.72. The van der Waals surface area contributed by atoms with E-state index in [1.807, 2.05) is 0 Å². The molecule has 46 heavy (non-hydrogen) atoms. The van der Waals surface area contributed by atoms with E-state index in [0.29, 0.717) is 23.0 Å². The Morgan fingerprint density at radius 1 is 0.435 bits per heavy atom. The fourth-order valence-corrected chi connectivity index (χ4v) is 14.3. The van der Waals surface area contributed by atoms with Crippen molar-refractivity contribution in [2.24, 2.45) is 13.5 Å². The molecule has 1 heterocycles. The molecule has 0 radical (unpaired) electrons. The molecule has 14 heteroatoms. The Hall–Kier alpha value is -4.26. The Balaban J connectivity index is 1.71. The van der Waals surface area contributed by atoms with Gasteiger partial charge < -0.3 is 22.6 Å². The highest BCUT2D eigenvalue weighted by molar-refractivity contribution is 7.83. The lowest BCUT2D eigenvalue weighted by atomic mass is 10.3. The molecular weight excluding hydrogens is 656 g/mol. The highest BCUT2D eigenvalue weighted by atomic mass is 31.3. The van der Waals surface area contributed by atoms with Gasteiger partial charge in [0.25, 0.3) is 0 Å². The molecule has 1 aliphatic heterocycles. The Labute approximate surface area is 264 Å². The number of para-hydroxylation sites is 4. The number of hydrogen-bond donors (Lipinski definition) is 0. The Morgan fingerprint density at radius 2 is 0.761 bits per heavy atom. The summed E-state index contributed by atoms with van der Waals surface area (Å²) in [5.41, 5.74) is 0. The first kappa shape index (κ1) is 31.7. The topological polar surface area (TPSA) is 83.2 Å². The van der Waals surface area contributed by atoms with Gasteiger partial charge >= 0.3 is 21.5 Å². The van der Waals surface area contributed by atoms with Crippen molar-refractivity contribution >= 4 is 28.1 Å². The quantitative estimate of drug-likeness (QED) is 0.129. The third-order valence-corrected chi connectivity index (χ3v) is 14.9. The minimum Gasteiger partial charge on any atom is -0.413 e. The Bertz CT molecular complexity index is 1740. The standard InChI is InChI=1S/C32H27F3N3O5P3/c33-32(34,35)26-39-44(31-24-14-5-15-25-31)36-45(40-27-16-6-1-7-17-27,41-28-18-8-2-9-19-28)38-46(37-44,42-29-20-10-3-11-21-29)43-30-22-12-4-13-23-30/h1-25H,26H2. The minimum absolute atomic E-state index is 0.268. The van der Waals surface area contributed by atoms with E-state index in [4.69, 9.17) is 36.2 Å². The van der Waals surface area contributed by atoms with Crippen molar-refractivity contribution in [3.05, 3.63) is 152 Å². The molecule has 0 bridgehead atoms. The van der Waals surface area contributed by atoms with Crippen molar-refractivity contribution in [1.82, 2.24) is 0 Å². The maximum atomic E-state index is 13.9. The number of hydrogen-bond acceptors (Lipinski definition) is 8. The molecule has 0 N–H and O–H groups in total. The molecule has 5 aromatic rings. The van der Waals surface area contributed by atoms with Crippen LogP contribution in [-0.2, 0) is 4.52 Å². The van der Waals surface area contributed by atoms with Crippen molar-refractivity contribution in [2.75, 3.05) is 6.61 Å². The van der Waals surface area contributed by atoms with Gasteiger partial charge in [-0.05, 0) is 60.7 Å². The predicted octanol–water partition coefficient (Wildman–Crippen LogP) is 11.1. The molecule has 0 amide bonds. The number of nitrogens with zero attached hydrogens (tertiary/aromatic N) is 3. The molecular formula is C32H27F3N3O5P3. The van der Waals surface area contributed by atoms with Crippen LogP contribution in [-0.4, -0.2) is 12.8 Å². The summed E-state index contributed by atoms with van der Waals surface area (Å²) in [5.74, 6) is 1.22. The van der Waals surface area contributed by atoms with Gasteiger partial charge in [0.2, 0.25) is 7.43 Å². The molecule has 0 aromatic heterocycles. The Kier molecular flexibility index (Phi) is 9.39. The van der Waals surface area contributed by atoms with E-state index < -0.39 is 35.5 Å². The molecule has 1 aliphatic rings. The predicted molar refractivity (Wildman–Crippen MR) is 174 cm³/mol. The van der Waals surface area contributed by atoms with E-state index in [-0.39, 0.29) is 5.30 Å². The zero-order valence-electron chi connectivity index (χ0n) is 24.0. The van der Waals surface area contributed by atoms with Crippen molar-refractivity contribution in [3.63, 3.8) is 0 Å². The van der Waals surface area contributed by atoms with Gasteiger partial charge in [0.05, 0.1) is 0 Å². The van der Waals surface area contributed by atoms with Crippen molar-refractivity contribution < 1.29 is 35.8 Å². The zero-order valence-corrected chi connectivity index (χ0v) is 26.7. The molecule has 5 aromatic carbocycles. The second kappa shape index (κ2) is 13.6.